The molecule has 0 aromatic heterocycles. The van der Waals surface area contributed by atoms with Crippen LogP contribution in [0.1, 0.15) is 52.9 Å². The van der Waals surface area contributed by atoms with Gasteiger partial charge in [-0.1, -0.05) is 40.0 Å². The minimum Gasteiger partial charge on any atom is -0.315 e. The van der Waals surface area contributed by atoms with Crippen LogP contribution in [0.5, 0.6) is 0 Å². The molecule has 1 N–H and O–H groups in total. The summed E-state index contributed by atoms with van der Waals surface area (Å²) in [6.45, 7) is 10.2. The number of hydrogen-bond acceptors (Lipinski definition) is 2. The van der Waals surface area contributed by atoms with Crippen molar-refractivity contribution in [3.8, 4) is 0 Å². The molecule has 2 heteroatoms. The molecule has 0 aliphatic heterocycles. The molecule has 92 valence electrons. The van der Waals surface area contributed by atoms with Crippen LogP contribution in [0.3, 0.4) is 0 Å². The van der Waals surface area contributed by atoms with E-state index in [-0.39, 0.29) is 0 Å². The van der Waals surface area contributed by atoms with Gasteiger partial charge < -0.3 is 10.2 Å². The molecule has 2 nitrogen and oxygen atoms in total. The van der Waals surface area contributed by atoms with Gasteiger partial charge in [0.1, 0.15) is 0 Å². The van der Waals surface area contributed by atoms with Crippen molar-refractivity contribution < 1.29 is 0 Å². The van der Waals surface area contributed by atoms with Gasteiger partial charge in [0.15, 0.2) is 0 Å². The van der Waals surface area contributed by atoms with Crippen molar-refractivity contribution in [3.05, 3.63) is 0 Å². The third-order valence-corrected chi connectivity index (χ3v) is 2.99. The highest BCUT2D eigenvalue weighted by Gasteiger charge is 2.12. The predicted molar refractivity (Wildman–Crippen MR) is 69.4 cm³/mol. The molecule has 0 aliphatic carbocycles. The summed E-state index contributed by atoms with van der Waals surface area (Å²) < 4.78 is 0. The van der Waals surface area contributed by atoms with Crippen LogP contribution in [-0.2, 0) is 0 Å². The molecule has 0 heterocycles. The number of nitrogens with zero attached hydrogens (tertiary/aromatic N) is 1. The van der Waals surface area contributed by atoms with E-state index in [2.05, 4.69) is 38.0 Å². The molecule has 0 saturated carbocycles. The lowest BCUT2D eigenvalue weighted by molar-refractivity contribution is 0.219. The summed E-state index contributed by atoms with van der Waals surface area (Å²) in [5.74, 6) is 0. The van der Waals surface area contributed by atoms with E-state index in [9.17, 15) is 0 Å². The van der Waals surface area contributed by atoms with Crippen LogP contribution in [0.25, 0.3) is 0 Å². The van der Waals surface area contributed by atoms with Gasteiger partial charge in [0, 0.05) is 12.6 Å². The van der Waals surface area contributed by atoms with Gasteiger partial charge in [0.2, 0.25) is 0 Å². The molecule has 0 bridgehead atoms. The molecule has 0 aromatic carbocycles. The molecule has 1 unspecified atom stereocenters. The maximum absolute atomic E-state index is 3.46. The monoisotopic (exact) mass is 214 g/mol. The molecule has 0 spiro atoms. The van der Waals surface area contributed by atoms with Crippen LogP contribution >= 0.6 is 0 Å². The van der Waals surface area contributed by atoms with E-state index in [0.29, 0.717) is 0 Å². The van der Waals surface area contributed by atoms with Gasteiger partial charge in [-0.25, -0.2) is 0 Å². The summed E-state index contributed by atoms with van der Waals surface area (Å²) >= 11 is 0. The van der Waals surface area contributed by atoms with Gasteiger partial charge in [0.05, 0.1) is 0 Å². The summed E-state index contributed by atoms with van der Waals surface area (Å²) in [4.78, 5) is 2.53. The fraction of sp³-hybridized carbons (Fsp3) is 1.00. The molecular weight excluding hydrogens is 184 g/mol. The Balaban J connectivity index is 3.75. The zero-order valence-corrected chi connectivity index (χ0v) is 11.2. The second-order valence-corrected chi connectivity index (χ2v) is 4.44. The van der Waals surface area contributed by atoms with Gasteiger partial charge in [-0.2, -0.15) is 0 Å². The quantitative estimate of drug-likeness (QED) is 0.563. The Morgan fingerprint density at radius 1 is 1.07 bits per heavy atom. The van der Waals surface area contributed by atoms with Gasteiger partial charge >= 0.3 is 0 Å². The average Bonchev–Trinajstić information content (AvgIpc) is 2.24. The van der Waals surface area contributed by atoms with Crippen LogP contribution in [0.15, 0.2) is 0 Å². The van der Waals surface area contributed by atoms with Crippen molar-refractivity contribution in [1.29, 1.82) is 0 Å². The Bertz CT molecular complexity index is 126. The van der Waals surface area contributed by atoms with Crippen molar-refractivity contribution in [3.63, 3.8) is 0 Å². The van der Waals surface area contributed by atoms with E-state index in [1.165, 1.54) is 38.6 Å². The van der Waals surface area contributed by atoms with Gasteiger partial charge in [-0.15, -0.1) is 0 Å². The zero-order valence-electron chi connectivity index (χ0n) is 11.2. The first-order valence-corrected chi connectivity index (χ1v) is 6.67. The topological polar surface area (TPSA) is 15.3 Å². The van der Waals surface area contributed by atoms with Crippen molar-refractivity contribution in [2.45, 2.75) is 58.9 Å². The lowest BCUT2D eigenvalue weighted by atomic mass is 10.1. The lowest BCUT2D eigenvalue weighted by Gasteiger charge is -2.28. The molecule has 0 fully saturated rings. The first-order chi connectivity index (χ1) is 7.26. The SMILES string of the molecule is CCCCCN(C)C(CCC)CNCC. The normalized spacial score (nSPS) is 13.4. The molecule has 0 saturated heterocycles. The fourth-order valence-electron chi connectivity index (χ4n) is 1.92. The van der Waals surface area contributed by atoms with Crippen LogP contribution in [0, 0.1) is 0 Å². The molecule has 0 amide bonds. The smallest absolute Gasteiger partial charge is 0.0217 e. The van der Waals surface area contributed by atoms with Crippen molar-refractivity contribution in [2.75, 3.05) is 26.7 Å². The molecule has 1 atom stereocenters. The van der Waals surface area contributed by atoms with Crippen molar-refractivity contribution >= 4 is 0 Å². The standard InChI is InChI=1S/C13H30N2/c1-5-8-9-11-15(4)13(10-6-2)12-14-7-3/h13-14H,5-12H2,1-4H3. The Kier molecular flexibility index (Phi) is 10.4. The highest BCUT2D eigenvalue weighted by molar-refractivity contribution is 4.70. The van der Waals surface area contributed by atoms with Gasteiger partial charge in [0.25, 0.3) is 0 Å². The molecule has 0 aliphatic rings. The molecule has 0 radical (unpaired) electrons. The second-order valence-electron chi connectivity index (χ2n) is 4.44. The number of likely N-dealkylation sites (N-methyl/N-ethyl adjacent to an activating group) is 2. The van der Waals surface area contributed by atoms with Crippen LogP contribution < -0.4 is 5.32 Å². The minimum atomic E-state index is 0.729. The summed E-state index contributed by atoms with van der Waals surface area (Å²) in [5, 5.41) is 3.46. The van der Waals surface area contributed by atoms with E-state index in [4.69, 9.17) is 0 Å². The first-order valence-electron chi connectivity index (χ1n) is 6.67. The van der Waals surface area contributed by atoms with E-state index in [1.807, 2.05) is 0 Å². The molecule has 15 heavy (non-hydrogen) atoms. The van der Waals surface area contributed by atoms with Crippen molar-refractivity contribution in [2.24, 2.45) is 0 Å². The Morgan fingerprint density at radius 3 is 2.33 bits per heavy atom. The highest BCUT2D eigenvalue weighted by Crippen LogP contribution is 2.06. The van der Waals surface area contributed by atoms with Crippen LogP contribution in [0.2, 0.25) is 0 Å². The van der Waals surface area contributed by atoms with Crippen LogP contribution in [-0.4, -0.2) is 37.6 Å². The summed E-state index contributed by atoms with van der Waals surface area (Å²) in [6, 6.07) is 0.729. The van der Waals surface area contributed by atoms with E-state index >= 15 is 0 Å². The summed E-state index contributed by atoms with van der Waals surface area (Å²) in [7, 11) is 2.27. The summed E-state index contributed by atoms with van der Waals surface area (Å²) in [6.07, 6.45) is 6.63. The average molecular weight is 214 g/mol. The Labute approximate surface area is 96.4 Å². The van der Waals surface area contributed by atoms with E-state index in [1.54, 1.807) is 0 Å². The second kappa shape index (κ2) is 10.4. The summed E-state index contributed by atoms with van der Waals surface area (Å²) in [5.41, 5.74) is 0. The first kappa shape index (κ1) is 14.9. The van der Waals surface area contributed by atoms with E-state index in [0.717, 1.165) is 19.1 Å². The van der Waals surface area contributed by atoms with Gasteiger partial charge in [-0.3, -0.25) is 0 Å². The van der Waals surface area contributed by atoms with E-state index < -0.39 is 0 Å². The lowest BCUT2D eigenvalue weighted by Crippen LogP contribution is -2.40. The Morgan fingerprint density at radius 2 is 1.80 bits per heavy atom. The number of hydrogen-bond donors (Lipinski definition) is 1. The Hall–Kier alpha value is -0.0800. The van der Waals surface area contributed by atoms with Crippen molar-refractivity contribution in [1.82, 2.24) is 10.2 Å². The third-order valence-electron chi connectivity index (χ3n) is 2.99. The van der Waals surface area contributed by atoms with Crippen LogP contribution in [0.4, 0.5) is 0 Å². The largest absolute Gasteiger partial charge is 0.315 e. The number of unbranched alkanes of at least 4 members (excludes halogenated alkanes) is 2. The molecular formula is C13H30N2. The molecule has 0 aromatic rings. The molecule has 0 rings (SSSR count). The highest BCUT2D eigenvalue weighted by atomic mass is 15.1. The fourth-order valence-corrected chi connectivity index (χ4v) is 1.92. The number of nitrogens with one attached hydrogen (secondary N) is 1. The minimum absolute atomic E-state index is 0.729. The third kappa shape index (κ3) is 7.80. The maximum atomic E-state index is 3.46. The maximum Gasteiger partial charge on any atom is 0.0217 e. The predicted octanol–water partition coefficient (Wildman–Crippen LogP) is 2.89. The number of rotatable bonds is 10. The zero-order chi connectivity index (χ0) is 11.5. The van der Waals surface area contributed by atoms with Gasteiger partial charge in [-0.05, 0) is 33.0 Å².